The van der Waals surface area contributed by atoms with E-state index in [0.717, 1.165) is 24.2 Å². The van der Waals surface area contributed by atoms with Gasteiger partial charge in [0.1, 0.15) is 5.75 Å². The van der Waals surface area contributed by atoms with E-state index < -0.39 is 0 Å². The summed E-state index contributed by atoms with van der Waals surface area (Å²) in [6.45, 7) is 4.82. The van der Waals surface area contributed by atoms with E-state index in [1.165, 1.54) is 11.1 Å². The first-order valence-corrected chi connectivity index (χ1v) is 5.71. The van der Waals surface area contributed by atoms with E-state index in [1.807, 2.05) is 6.07 Å². The van der Waals surface area contributed by atoms with E-state index >= 15 is 0 Å². The van der Waals surface area contributed by atoms with E-state index in [1.54, 1.807) is 7.11 Å². The zero-order valence-electron chi connectivity index (χ0n) is 10.4. The van der Waals surface area contributed by atoms with Gasteiger partial charge in [-0.1, -0.05) is 6.07 Å². The van der Waals surface area contributed by atoms with Gasteiger partial charge in [0.2, 0.25) is 0 Å². The van der Waals surface area contributed by atoms with Gasteiger partial charge in [-0.15, -0.1) is 0 Å². The minimum atomic E-state index is 0.0131. The molecule has 1 aromatic rings. The van der Waals surface area contributed by atoms with Crippen molar-refractivity contribution in [1.29, 1.82) is 0 Å². The number of nitrogens with two attached hydrogens (primary N) is 2. The average Bonchev–Trinajstić information content (AvgIpc) is 2.24. The summed E-state index contributed by atoms with van der Waals surface area (Å²) in [6, 6.07) is 4.18. The Bertz CT molecular complexity index is 350. The highest BCUT2D eigenvalue weighted by atomic mass is 16.5. The Hall–Kier alpha value is -1.06. The molecule has 0 amide bonds. The van der Waals surface area contributed by atoms with Crippen LogP contribution in [0, 0.1) is 13.8 Å². The highest BCUT2D eigenvalue weighted by Gasteiger charge is 2.14. The van der Waals surface area contributed by atoms with Crippen LogP contribution in [0.15, 0.2) is 12.1 Å². The van der Waals surface area contributed by atoms with Crippen LogP contribution in [0.2, 0.25) is 0 Å². The molecule has 0 aromatic heterocycles. The molecule has 1 unspecified atom stereocenters. The van der Waals surface area contributed by atoms with Gasteiger partial charge in [0.05, 0.1) is 7.11 Å². The van der Waals surface area contributed by atoms with Crippen molar-refractivity contribution in [3.63, 3.8) is 0 Å². The van der Waals surface area contributed by atoms with Crippen molar-refractivity contribution in [2.45, 2.75) is 32.7 Å². The number of aryl methyl sites for hydroxylation is 2. The van der Waals surface area contributed by atoms with Gasteiger partial charge in [0.25, 0.3) is 0 Å². The van der Waals surface area contributed by atoms with Gasteiger partial charge >= 0.3 is 0 Å². The summed E-state index contributed by atoms with van der Waals surface area (Å²) >= 11 is 0. The summed E-state index contributed by atoms with van der Waals surface area (Å²) in [5, 5.41) is 0. The molecule has 1 atom stereocenters. The van der Waals surface area contributed by atoms with E-state index in [-0.39, 0.29) is 6.04 Å². The highest BCUT2D eigenvalue weighted by molar-refractivity contribution is 5.44. The van der Waals surface area contributed by atoms with Crippen molar-refractivity contribution >= 4 is 0 Å². The molecular formula is C13H22N2O. The lowest BCUT2D eigenvalue weighted by molar-refractivity contribution is 0.402. The maximum atomic E-state index is 6.17. The number of rotatable bonds is 5. The zero-order valence-corrected chi connectivity index (χ0v) is 10.4. The highest BCUT2D eigenvalue weighted by Crippen LogP contribution is 2.30. The lowest BCUT2D eigenvalue weighted by atomic mass is 9.95. The Labute approximate surface area is 97.8 Å². The maximum Gasteiger partial charge on any atom is 0.124 e. The minimum Gasteiger partial charge on any atom is -0.496 e. The SMILES string of the molecule is COc1cc(C)cc(C)c1C(N)CCCN. The molecule has 1 rings (SSSR count). The molecule has 0 aliphatic rings. The quantitative estimate of drug-likeness (QED) is 0.801. The van der Waals surface area contributed by atoms with Crippen LogP contribution in [0.1, 0.15) is 35.6 Å². The predicted octanol–water partition coefficient (Wildman–Crippen LogP) is 2.05. The summed E-state index contributed by atoms with van der Waals surface area (Å²) in [6.07, 6.45) is 1.84. The van der Waals surface area contributed by atoms with Gasteiger partial charge in [-0.3, -0.25) is 0 Å². The number of methoxy groups -OCH3 is 1. The molecule has 90 valence electrons. The first kappa shape index (κ1) is 13.0. The number of benzene rings is 1. The molecule has 1 aromatic carbocycles. The average molecular weight is 222 g/mol. The summed E-state index contributed by atoms with van der Waals surface area (Å²) in [7, 11) is 1.69. The van der Waals surface area contributed by atoms with Crippen molar-refractivity contribution < 1.29 is 4.74 Å². The lowest BCUT2D eigenvalue weighted by Crippen LogP contribution is -2.15. The van der Waals surface area contributed by atoms with Crippen molar-refractivity contribution in [1.82, 2.24) is 0 Å². The molecular weight excluding hydrogens is 200 g/mol. The maximum absolute atomic E-state index is 6.17. The number of ether oxygens (including phenoxy) is 1. The van der Waals surface area contributed by atoms with Gasteiger partial charge < -0.3 is 16.2 Å². The molecule has 3 nitrogen and oxygen atoms in total. The van der Waals surface area contributed by atoms with Crippen molar-refractivity contribution in [3.05, 3.63) is 28.8 Å². The van der Waals surface area contributed by atoms with Gasteiger partial charge in [-0.2, -0.15) is 0 Å². The third-order valence-electron chi connectivity index (χ3n) is 2.80. The van der Waals surface area contributed by atoms with Crippen molar-refractivity contribution in [2.75, 3.05) is 13.7 Å². The predicted molar refractivity (Wildman–Crippen MR) is 67.7 cm³/mol. The Morgan fingerprint density at radius 1 is 1.31 bits per heavy atom. The number of hydrogen-bond acceptors (Lipinski definition) is 3. The summed E-state index contributed by atoms with van der Waals surface area (Å²) < 4.78 is 5.40. The fraction of sp³-hybridized carbons (Fsp3) is 0.538. The topological polar surface area (TPSA) is 61.3 Å². The van der Waals surface area contributed by atoms with Crippen LogP contribution >= 0.6 is 0 Å². The van der Waals surface area contributed by atoms with E-state index in [0.29, 0.717) is 6.54 Å². The molecule has 0 saturated heterocycles. The largest absolute Gasteiger partial charge is 0.496 e. The molecule has 0 spiro atoms. The fourth-order valence-electron chi connectivity index (χ4n) is 2.07. The Morgan fingerprint density at radius 2 is 2.00 bits per heavy atom. The van der Waals surface area contributed by atoms with Crippen LogP contribution in [0.25, 0.3) is 0 Å². The zero-order chi connectivity index (χ0) is 12.1. The van der Waals surface area contributed by atoms with Crippen LogP contribution in [0.3, 0.4) is 0 Å². The third-order valence-corrected chi connectivity index (χ3v) is 2.80. The third kappa shape index (κ3) is 2.97. The van der Waals surface area contributed by atoms with Gasteiger partial charge in [-0.05, 0) is 50.4 Å². The minimum absolute atomic E-state index is 0.0131. The molecule has 16 heavy (non-hydrogen) atoms. The Morgan fingerprint density at radius 3 is 2.56 bits per heavy atom. The van der Waals surface area contributed by atoms with Crippen LogP contribution in [0.5, 0.6) is 5.75 Å². The summed E-state index contributed by atoms with van der Waals surface area (Å²) in [4.78, 5) is 0. The fourth-order valence-corrected chi connectivity index (χ4v) is 2.07. The lowest BCUT2D eigenvalue weighted by Gasteiger charge is -2.18. The summed E-state index contributed by atoms with van der Waals surface area (Å²) in [5.74, 6) is 0.891. The Kier molecular flexibility index (Phi) is 4.77. The van der Waals surface area contributed by atoms with E-state index in [9.17, 15) is 0 Å². The summed E-state index contributed by atoms with van der Waals surface area (Å²) in [5.41, 5.74) is 15.2. The van der Waals surface area contributed by atoms with Crippen molar-refractivity contribution in [2.24, 2.45) is 11.5 Å². The van der Waals surface area contributed by atoms with Crippen LogP contribution in [0.4, 0.5) is 0 Å². The molecule has 3 heteroatoms. The molecule has 0 fully saturated rings. The number of hydrogen-bond donors (Lipinski definition) is 2. The van der Waals surface area contributed by atoms with E-state index in [2.05, 4.69) is 19.9 Å². The molecule has 0 radical (unpaired) electrons. The van der Waals surface area contributed by atoms with Gasteiger partial charge in [0.15, 0.2) is 0 Å². The first-order chi connectivity index (χ1) is 7.60. The normalized spacial score (nSPS) is 12.6. The molecule has 0 heterocycles. The second-order valence-electron chi connectivity index (χ2n) is 4.24. The molecule has 0 bridgehead atoms. The van der Waals surface area contributed by atoms with Crippen LogP contribution < -0.4 is 16.2 Å². The molecule has 0 aliphatic carbocycles. The second-order valence-corrected chi connectivity index (χ2v) is 4.24. The van der Waals surface area contributed by atoms with Crippen molar-refractivity contribution in [3.8, 4) is 5.75 Å². The van der Waals surface area contributed by atoms with Gasteiger partial charge in [0, 0.05) is 11.6 Å². The smallest absolute Gasteiger partial charge is 0.124 e. The van der Waals surface area contributed by atoms with Crippen LogP contribution in [-0.4, -0.2) is 13.7 Å². The molecule has 0 aliphatic heterocycles. The Balaban J connectivity index is 3.01. The van der Waals surface area contributed by atoms with Crippen LogP contribution in [-0.2, 0) is 0 Å². The van der Waals surface area contributed by atoms with Gasteiger partial charge in [-0.25, -0.2) is 0 Å². The monoisotopic (exact) mass is 222 g/mol. The van der Waals surface area contributed by atoms with E-state index in [4.69, 9.17) is 16.2 Å². The molecule has 4 N–H and O–H groups in total. The first-order valence-electron chi connectivity index (χ1n) is 5.71. The second kappa shape index (κ2) is 5.87. The standard InChI is InChI=1S/C13H22N2O/c1-9-7-10(2)13(12(8-9)16-3)11(15)5-4-6-14/h7-8,11H,4-6,14-15H2,1-3H3. The molecule has 0 saturated carbocycles.